The van der Waals surface area contributed by atoms with Gasteiger partial charge in [0.25, 0.3) is 0 Å². The summed E-state index contributed by atoms with van der Waals surface area (Å²) in [4.78, 5) is 9.75. The van der Waals surface area contributed by atoms with E-state index in [0.29, 0.717) is 0 Å². The Morgan fingerprint density at radius 1 is 2.00 bits per heavy atom. The predicted octanol–water partition coefficient (Wildman–Crippen LogP) is 0.310. The maximum Gasteiger partial charge on any atom is 0.329 e. The molecule has 0 heterocycles. The first-order valence-corrected chi connectivity index (χ1v) is 2.29. The zero-order valence-electron chi connectivity index (χ0n) is 4.76. The van der Waals surface area contributed by atoms with Crippen LogP contribution in [0.15, 0.2) is 0 Å². The Hall–Kier alpha value is -0.570. The summed E-state index contributed by atoms with van der Waals surface area (Å²) >= 11 is 0. The van der Waals surface area contributed by atoms with Gasteiger partial charge in [0.2, 0.25) is 0 Å². The first kappa shape index (κ1) is 7.43. The van der Waals surface area contributed by atoms with Crippen molar-refractivity contribution < 1.29 is 14.6 Å². The molecule has 3 heteroatoms. The molecule has 8 heavy (non-hydrogen) atoms. The Labute approximate surface area is 48.3 Å². The van der Waals surface area contributed by atoms with Gasteiger partial charge in [-0.05, 0) is 13.8 Å². The van der Waals surface area contributed by atoms with Gasteiger partial charge in [0, 0.05) is 0 Å². The van der Waals surface area contributed by atoms with Crippen molar-refractivity contribution in [3.8, 4) is 0 Å². The van der Waals surface area contributed by atoms with E-state index in [9.17, 15) is 4.79 Å². The minimum absolute atomic E-state index is 0.244. The predicted molar refractivity (Wildman–Crippen MR) is 28.4 cm³/mol. The molecule has 0 aromatic carbocycles. The highest BCUT2D eigenvalue weighted by Gasteiger charge is 1.97. The van der Waals surface area contributed by atoms with Gasteiger partial charge < -0.3 is 9.84 Å². The average molecular weight is 117 g/mol. The first-order valence-electron chi connectivity index (χ1n) is 2.29. The summed E-state index contributed by atoms with van der Waals surface area (Å²) in [6.45, 7) is 4.85. The standard InChI is InChI=1S/C5H9O3/c1-4(2)8-3-5(6)7/h4H,1,3H2,2H3,(H,6,7). The molecule has 1 unspecified atom stereocenters. The van der Waals surface area contributed by atoms with Gasteiger partial charge in [0.05, 0.1) is 6.10 Å². The van der Waals surface area contributed by atoms with Crippen molar-refractivity contribution in [1.82, 2.24) is 0 Å². The van der Waals surface area contributed by atoms with Crippen LogP contribution in [0.25, 0.3) is 0 Å². The van der Waals surface area contributed by atoms with E-state index in [1.165, 1.54) is 0 Å². The molecule has 47 valence electrons. The molecule has 0 fully saturated rings. The molecule has 0 saturated heterocycles. The van der Waals surface area contributed by atoms with Crippen LogP contribution in [-0.2, 0) is 9.53 Å². The molecule has 0 bridgehead atoms. The largest absolute Gasteiger partial charge is 0.480 e. The lowest BCUT2D eigenvalue weighted by Gasteiger charge is -2.01. The third kappa shape index (κ3) is 5.43. The molecule has 0 aliphatic heterocycles. The van der Waals surface area contributed by atoms with Crippen LogP contribution >= 0.6 is 0 Å². The Morgan fingerprint density at radius 2 is 2.50 bits per heavy atom. The van der Waals surface area contributed by atoms with Gasteiger partial charge in [0.1, 0.15) is 6.61 Å². The summed E-state index contributed by atoms with van der Waals surface area (Å²) in [6.07, 6.45) is -0.244. The molecule has 0 amide bonds. The molecule has 0 saturated carbocycles. The quantitative estimate of drug-likeness (QED) is 0.578. The molecule has 0 aromatic heterocycles. The lowest BCUT2D eigenvalue weighted by Crippen LogP contribution is -2.11. The monoisotopic (exact) mass is 117 g/mol. The van der Waals surface area contributed by atoms with E-state index in [-0.39, 0.29) is 12.7 Å². The molecule has 3 nitrogen and oxygen atoms in total. The minimum Gasteiger partial charge on any atom is -0.480 e. The number of hydrogen-bond donors (Lipinski definition) is 1. The fourth-order valence-electron chi connectivity index (χ4n) is 0.214. The second-order valence-corrected chi connectivity index (χ2v) is 1.52. The van der Waals surface area contributed by atoms with Gasteiger partial charge in [-0.25, -0.2) is 4.79 Å². The Morgan fingerprint density at radius 3 is 2.62 bits per heavy atom. The summed E-state index contributed by atoms with van der Waals surface area (Å²) in [7, 11) is 0. The van der Waals surface area contributed by atoms with E-state index in [0.717, 1.165) is 0 Å². The summed E-state index contributed by atoms with van der Waals surface area (Å²) in [5.74, 6) is -0.958. The van der Waals surface area contributed by atoms with Crippen LogP contribution in [0.5, 0.6) is 0 Å². The van der Waals surface area contributed by atoms with Crippen molar-refractivity contribution in [2.75, 3.05) is 6.61 Å². The summed E-state index contributed by atoms with van der Waals surface area (Å²) in [5, 5.41) is 8.01. The van der Waals surface area contributed by atoms with Crippen LogP contribution in [0.4, 0.5) is 0 Å². The van der Waals surface area contributed by atoms with Crippen molar-refractivity contribution in [1.29, 1.82) is 0 Å². The highest BCUT2D eigenvalue weighted by Crippen LogP contribution is 1.84. The van der Waals surface area contributed by atoms with Crippen molar-refractivity contribution in [2.45, 2.75) is 13.0 Å². The van der Waals surface area contributed by atoms with Gasteiger partial charge in [-0.15, -0.1) is 0 Å². The van der Waals surface area contributed by atoms with Gasteiger partial charge in [0.15, 0.2) is 0 Å². The van der Waals surface area contributed by atoms with Gasteiger partial charge in [-0.1, -0.05) is 0 Å². The van der Waals surface area contributed by atoms with Gasteiger partial charge in [-0.3, -0.25) is 0 Å². The van der Waals surface area contributed by atoms with Gasteiger partial charge >= 0.3 is 5.97 Å². The lowest BCUT2D eigenvalue weighted by atomic mass is 10.5. The lowest BCUT2D eigenvalue weighted by molar-refractivity contribution is -0.143. The normalized spacial score (nSPS) is 9.88. The van der Waals surface area contributed by atoms with Crippen LogP contribution in [0, 0.1) is 6.92 Å². The van der Waals surface area contributed by atoms with Crippen LogP contribution in [0.2, 0.25) is 0 Å². The summed E-state index contributed by atoms with van der Waals surface area (Å²) in [6, 6.07) is 0. The molecule has 0 aliphatic rings. The third-order valence-corrected chi connectivity index (χ3v) is 0.491. The Balaban J connectivity index is 3.05. The molecule has 1 N–H and O–H groups in total. The molecule has 0 aromatic rings. The highest BCUT2D eigenvalue weighted by molar-refractivity contribution is 5.68. The average Bonchev–Trinajstić information content (AvgIpc) is 1.61. The number of rotatable bonds is 3. The molecule has 0 rings (SSSR count). The van der Waals surface area contributed by atoms with E-state index < -0.39 is 5.97 Å². The molecule has 0 spiro atoms. The summed E-state index contributed by atoms with van der Waals surface area (Å²) in [5.41, 5.74) is 0. The Bertz CT molecular complexity index is 77.7. The second kappa shape index (κ2) is 3.43. The summed E-state index contributed by atoms with van der Waals surface area (Å²) < 4.78 is 4.59. The van der Waals surface area contributed by atoms with Crippen LogP contribution in [0.3, 0.4) is 0 Å². The maximum atomic E-state index is 9.75. The van der Waals surface area contributed by atoms with E-state index in [4.69, 9.17) is 5.11 Å². The molecular formula is C5H9O3. The van der Waals surface area contributed by atoms with E-state index in [1.54, 1.807) is 6.92 Å². The van der Waals surface area contributed by atoms with E-state index >= 15 is 0 Å². The molecule has 0 aliphatic carbocycles. The zero-order valence-corrected chi connectivity index (χ0v) is 4.76. The van der Waals surface area contributed by atoms with Crippen LogP contribution in [0.1, 0.15) is 6.92 Å². The fourth-order valence-corrected chi connectivity index (χ4v) is 0.214. The smallest absolute Gasteiger partial charge is 0.329 e. The number of aliphatic carboxylic acids is 1. The number of carboxylic acid groups (broad SMARTS) is 1. The van der Waals surface area contributed by atoms with Crippen LogP contribution < -0.4 is 0 Å². The van der Waals surface area contributed by atoms with Crippen molar-refractivity contribution in [3.05, 3.63) is 6.92 Å². The maximum absolute atomic E-state index is 9.75. The minimum atomic E-state index is -0.958. The fraction of sp³-hybridized carbons (Fsp3) is 0.600. The zero-order chi connectivity index (χ0) is 6.57. The second-order valence-electron chi connectivity index (χ2n) is 1.52. The van der Waals surface area contributed by atoms with E-state index in [2.05, 4.69) is 11.7 Å². The third-order valence-electron chi connectivity index (χ3n) is 0.491. The number of hydrogen-bond acceptors (Lipinski definition) is 2. The number of carboxylic acids is 1. The molecule has 1 radical (unpaired) electrons. The molecular weight excluding hydrogens is 108 g/mol. The Kier molecular flexibility index (Phi) is 3.19. The van der Waals surface area contributed by atoms with Crippen LogP contribution in [-0.4, -0.2) is 23.8 Å². The van der Waals surface area contributed by atoms with Crippen molar-refractivity contribution >= 4 is 5.97 Å². The highest BCUT2D eigenvalue weighted by atomic mass is 16.5. The van der Waals surface area contributed by atoms with Gasteiger partial charge in [-0.2, -0.15) is 0 Å². The number of ether oxygens (including phenoxy) is 1. The van der Waals surface area contributed by atoms with Crippen molar-refractivity contribution in [3.63, 3.8) is 0 Å². The first-order chi connectivity index (χ1) is 3.63. The van der Waals surface area contributed by atoms with E-state index in [1.807, 2.05) is 0 Å². The topological polar surface area (TPSA) is 46.5 Å². The molecule has 1 atom stereocenters. The SMILES string of the molecule is [CH2]C(C)OCC(=O)O. The number of carbonyl (C=O) groups is 1. The van der Waals surface area contributed by atoms with Crippen molar-refractivity contribution in [2.24, 2.45) is 0 Å².